The fourth-order valence-electron chi connectivity index (χ4n) is 3.99. The van der Waals surface area contributed by atoms with E-state index < -0.39 is 0 Å². The van der Waals surface area contributed by atoms with Crippen LogP contribution in [0.25, 0.3) is 16.7 Å². The predicted octanol–water partition coefficient (Wildman–Crippen LogP) is 6.76. The zero-order valence-electron chi connectivity index (χ0n) is 16.8. The molecule has 0 aromatic heterocycles. The maximum Gasteiger partial charge on any atom is 0.0498 e. The summed E-state index contributed by atoms with van der Waals surface area (Å²) in [6, 6.07) is 15.4. The van der Waals surface area contributed by atoms with Crippen LogP contribution in [0.4, 0.5) is 5.69 Å². The Morgan fingerprint density at radius 2 is 1.93 bits per heavy atom. The molecule has 1 aliphatic carbocycles. The quantitative estimate of drug-likeness (QED) is 0.635. The monoisotopic (exact) mass is 368 g/mol. The number of rotatable bonds is 3. The summed E-state index contributed by atoms with van der Waals surface area (Å²) in [5.74, 6) is 0. The highest BCUT2D eigenvalue weighted by Gasteiger charge is 2.30. The van der Waals surface area contributed by atoms with E-state index in [0.29, 0.717) is 0 Å². The third-order valence-electron chi connectivity index (χ3n) is 5.94. The number of benzene rings is 2. The summed E-state index contributed by atoms with van der Waals surface area (Å²) < 4.78 is 0. The third kappa shape index (κ3) is 3.60. The second-order valence-corrected chi connectivity index (χ2v) is 7.86. The van der Waals surface area contributed by atoms with Crippen LogP contribution in [0.3, 0.4) is 0 Å². The maximum absolute atomic E-state index is 4.68. The van der Waals surface area contributed by atoms with Crippen LogP contribution in [-0.2, 0) is 5.41 Å². The van der Waals surface area contributed by atoms with Crippen LogP contribution in [0, 0.1) is 0 Å². The molecule has 0 saturated carbocycles. The van der Waals surface area contributed by atoms with E-state index in [4.69, 9.17) is 0 Å². The van der Waals surface area contributed by atoms with Gasteiger partial charge in [-0.3, -0.25) is 4.99 Å². The lowest BCUT2D eigenvalue weighted by atomic mass is 9.76. The number of fused-ring (bicyclic) bond motifs is 1. The lowest BCUT2D eigenvalue weighted by Gasteiger charge is -2.31. The van der Waals surface area contributed by atoms with Crippen molar-refractivity contribution in [3.63, 3.8) is 0 Å². The Labute approximate surface area is 168 Å². The van der Waals surface area contributed by atoms with Gasteiger partial charge >= 0.3 is 0 Å². The second-order valence-electron chi connectivity index (χ2n) is 7.86. The first-order valence-corrected chi connectivity index (χ1v) is 10.2. The molecular weight excluding hydrogens is 340 g/mol. The fraction of sp³-hybridized carbons (Fsp3) is 0.269. The highest BCUT2D eigenvalue weighted by atomic mass is 14.9. The molecule has 1 unspecified atom stereocenters. The van der Waals surface area contributed by atoms with Crippen molar-refractivity contribution in [3.05, 3.63) is 84.1 Å². The van der Waals surface area contributed by atoms with Crippen molar-refractivity contribution in [2.45, 2.75) is 38.5 Å². The Morgan fingerprint density at radius 3 is 2.68 bits per heavy atom. The van der Waals surface area contributed by atoms with Crippen molar-refractivity contribution in [2.75, 3.05) is 11.9 Å². The fourth-order valence-corrected chi connectivity index (χ4v) is 3.99. The second kappa shape index (κ2) is 8.02. The van der Waals surface area contributed by atoms with E-state index in [1.54, 1.807) is 0 Å². The van der Waals surface area contributed by atoms with Crippen molar-refractivity contribution in [1.29, 1.82) is 0 Å². The summed E-state index contributed by atoms with van der Waals surface area (Å²) in [6.07, 6.45) is 16.1. The number of hydrogen-bond acceptors (Lipinski definition) is 2. The lowest BCUT2D eigenvalue weighted by Crippen LogP contribution is -2.26. The topological polar surface area (TPSA) is 24.4 Å². The summed E-state index contributed by atoms with van der Waals surface area (Å²) in [6.45, 7) is 5.38. The number of aliphatic imine (C=N–C) groups is 1. The molecular formula is C26H28N2. The average molecular weight is 369 g/mol. The molecule has 2 aromatic rings. The van der Waals surface area contributed by atoms with Crippen LogP contribution in [0.2, 0.25) is 0 Å². The molecule has 0 saturated heterocycles. The molecule has 1 aliphatic heterocycles. The predicted molar refractivity (Wildman–Crippen MR) is 122 cm³/mol. The Kier molecular flexibility index (Phi) is 5.29. The molecule has 2 heteroatoms. The van der Waals surface area contributed by atoms with Gasteiger partial charge in [0.05, 0.1) is 0 Å². The summed E-state index contributed by atoms with van der Waals surface area (Å²) in [5.41, 5.74) is 7.63. The normalized spacial score (nSPS) is 22.3. The molecule has 2 aliphatic rings. The Bertz CT molecular complexity index is 963. The SMILES string of the molecule is CCC1(C)CN=C/C=C\Nc2c(C3=CCCC=C3)cc(-c3ccccc3)cc21. The molecule has 1 atom stereocenters. The van der Waals surface area contributed by atoms with Crippen LogP contribution in [0.5, 0.6) is 0 Å². The van der Waals surface area contributed by atoms with Crippen molar-refractivity contribution in [1.82, 2.24) is 0 Å². The minimum atomic E-state index is -0.0245. The van der Waals surface area contributed by atoms with E-state index >= 15 is 0 Å². The summed E-state index contributed by atoms with van der Waals surface area (Å²) in [4.78, 5) is 4.68. The first-order chi connectivity index (χ1) is 13.7. The highest BCUT2D eigenvalue weighted by Crippen LogP contribution is 2.42. The molecule has 0 fully saturated rings. The molecule has 0 amide bonds. The Hall–Kier alpha value is -2.87. The van der Waals surface area contributed by atoms with Gasteiger partial charge in [-0.2, -0.15) is 0 Å². The molecule has 142 valence electrons. The van der Waals surface area contributed by atoms with E-state index in [9.17, 15) is 0 Å². The minimum Gasteiger partial charge on any atom is -0.361 e. The smallest absolute Gasteiger partial charge is 0.0498 e. The van der Waals surface area contributed by atoms with Gasteiger partial charge in [-0.05, 0) is 59.7 Å². The van der Waals surface area contributed by atoms with Crippen LogP contribution < -0.4 is 5.32 Å². The van der Waals surface area contributed by atoms with Crippen molar-refractivity contribution >= 4 is 17.5 Å². The minimum absolute atomic E-state index is 0.0245. The van der Waals surface area contributed by atoms with Crippen LogP contribution in [-0.4, -0.2) is 12.8 Å². The number of nitrogens with zero attached hydrogens (tertiary/aromatic N) is 1. The number of anilines is 1. The van der Waals surface area contributed by atoms with Crippen LogP contribution >= 0.6 is 0 Å². The van der Waals surface area contributed by atoms with E-state index in [1.165, 1.54) is 33.5 Å². The van der Waals surface area contributed by atoms with Gasteiger partial charge in [0.25, 0.3) is 0 Å². The number of nitrogens with one attached hydrogen (secondary N) is 1. The van der Waals surface area contributed by atoms with Crippen molar-refractivity contribution in [2.24, 2.45) is 4.99 Å². The lowest BCUT2D eigenvalue weighted by molar-refractivity contribution is 0.471. The Balaban J connectivity index is 1.99. The zero-order chi connectivity index (χ0) is 19.4. The van der Waals surface area contributed by atoms with E-state index in [1.807, 2.05) is 18.5 Å². The van der Waals surface area contributed by atoms with E-state index in [-0.39, 0.29) is 5.41 Å². The maximum atomic E-state index is 4.68. The van der Waals surface area contributed by atoms with Crippen LogP contribution in [0.1, 0.15) is 44.2 Å². The standard InChI is InChI=1S/C26H28N2/c1-3-26(2)19-27-15-10-16-28-25-23(21-13-8-5-9-14-21)17-22(18-24(25)26)20-11-6-4-7-12-20/h4,6-8,10-18,28H,3,5,9,19H2,1-2H3/b16-10-,27-15?. The summed E-state index contributed by atoms with van der Waals surface area (Å²) in [5, 5.41) is 3.59. The molecule has 4 rings (SSSR count). The van der Waals surface area contributed by atoms with Gasteiger partial charge in [0.1, 0.15) is 0 Å². The molecule has 2 aromatic carbocycles. The van der Waals surface area contributed by atoms with Gasteiger partial charge in [0, 0.05) is 35.6 Å². The van der Waals surface area contributed by atoms with Crippen molar-refractivity contribution < 1.29 is 0 Å². The van der Waals surface area contributed by atoms with E-state index in [0.717, 1.165) is 25.8 Å². The molecule has 28 heavy (non-hydrogen) atoms. The summed E-state index contributed by atoms with van der Waals surface area (Å²) >= 11 is 0. The molecule has 1 heterocycles. The average Bonchev–Trinajstić information content (AvgIpc) is 2.84. The molecule has 0 bridgehead atoms. The number of allylic oxidation sites excluding steroid dienone is 5. The summed E-state index contributed by atoms with van der Waals surface area (Å²) in [7, 11) is 0. The molecule has 2 nitrogen and oxygen atoms in total. The third-order valence-corrected chi connectivity index (χ3v) is 5.94. The van der Waals surface area contributed by atoms with Gasteiger partial charge in [-0.25, -0.2) is 0 Å². The number of hydrogen-bond donors (Lipinski definition) is 1. The van der Waals surface area contributed by atoms with Gasteiger partial charge < -0.3 is 5.32 Å². The van der Waals surface area contributed by atoms with Gasteiger partial charge in [0.15, 0.2) is 0 Å². The van der Waals surface area contributed by atoms with Gasteiger partial charge in [0.2, 0.25) is 0 Å². The Morgan fingerprint density at radius 1 is 1.07 bits per heavy atom. The highest BCUT2D eigenvalue weighted by molar-refractivity contribution is 5.89. The first-order valence-electron chi connectivity index (χ1n) is 10.2. The zero-order valence-corrected chi connectivity index (χ0v) is 16.8. The van der Waals surface area contributed by atoms with E-state index in [2.05, 4.69) is 84.8 Å². The molecule has 0 radical (unpaired) electrons. The van der Waals surface area contributed by atoms with Gasteiger partial charge in [-0.1, -0.05) is 62.4 Å². The molecule has 0 spiro atoms. The van der Waals surface area contributed by atoms with Crippen molar-refractivity contribution in [3.8, 4) is 11.1 Å². The van der Waals surface area contributed by atoms with Crippen LogP contribution in [0.15, 0.2) is 78.0 Å². The largest absolute Gasteiger partial charge is 0.361 e. The molecule has 1 N–H and O–H groups in total. The first kappa shape index (κ1) is 18.5. The van der Waals surface area contributed by atoms with Gasteiger partial charge in [-0.15, -0.1) is 0 Å².